The van der Waals surface area contributed by atoms with Crippen LogP contribution in [0.4, 0.5) is 24.7 Å². The maximum absolute atomic E-state index is 13.7. The van der Waals surface area contributed by atoms with Crippen molar-refractivity contribution in [2.24, 2.45) is 0 Å². The molecule has 0 bridgehead atoms. The highest BCUT2D eigenvalue weighted by molar-refractivity contribution is 5.92. The molecule has 2 aromatic rings. The third-order valence-corrected chi connectivity index (χ3v) is 4.80. The Hall–Kier alpha value is -3.47. The molecule has 0 aliphatic rings. The number of halogens is 3. The number of hydrogen-bond donors (Lipinski definition) is 1. The second-order valence-corrected chi connectivity index (χ2v) is 7.66. The molecule has 33 heavy (non-hydrogen) atoms. The number of aromatic nitrogens is 1. The number of hydrogen-bond acceptors (Lipinski definition) is 7. The highest BCUT2D eigenvalue weighted by Gasteiger charge is 2.41. The molecule has 178 valence electrons. The van der Waals surface area contributed by atoms with Crippen LogP contribution in [0.5, 0.6) is 0 Å². The number of alkyl halides is 3. The molecular weight excluding hydrogens is 443 g/mol. The van der Waals surface area contributed by atoms with E-state index in [1.54, 1.807) is 19.9 Å². The lowest BCUT2D eigenvalue weighted by molar-refractivity contribution is -0.385. The van der Waals surface area contributed by atoms with Gasteiger partial charge in [-0.15, -0.1) is 6.58 Å². The van der Waals surface area contributed by atoms with E-state index in [0.717, 1.165) is 12.7 Å². The lowest BCUT2D eigenvalue weighted by Crippen LogP contribution is -2.46. The fraction of sp³-hybridized carbons (Fsp3) is 0.364. The number of rotatable bonds is 10. The van der Waals surface area contributed by atoms with Crippen molar-refractivity contribution in [3.63, 3.8) is 0 Å². The smallest absolute Gasteiger partial charge is 0.420 e. The summed E-state index contributed by atoms with van der Waals surface area (Å²) in [5.41, 5.74) is -3.64. The minimum Gasteiger partial charge on any atom is -0.464 e. The molecule has 0 amide bonds. The van der Waals surface area contributed by atoms with Crippen molar-refractivity contribution in [2.45, 2.75) is 44.7 Å². The first-order valence-corrected chi connectivity index (χ1v) is 9.80. The summed E-state index contributed by atoms with van der Waals surface area (Å²) in [4.78, 5) is 25.8. The van der Waals surface area contributed by atoms with E-state index in [2.05, 4.69) is 21.6 Å². The monoisotopic (exact) mass is 467 g/mol. The van der Waals surface area contributed by atoms with Crippen molar-refractivity contribution in [1.29, 1.82) is 0 Å². The van der Waals surface area contributed by atoms with Gasteiger partial charge in [-0.3, -0.25) is 10.1 Å². The van der Waals surface area contributed by atoms with Gasteiger partial charge in [-0.2, -0.15) is 13.2 Å². The van der Waals surface area contributed by atoms with Gasteiger partial charge in [0.05, 0.1) is 30.3 Å². The lowest BCUT2D eigenvalue weighted by atomic mass is 9.93. The number of ether oxygens (including phenoxy) is 2. The van der Waals surface area contributed by atoms with Crippen LogP contribution in [0.15, 0.2) is 49.1 Å². The van der Waals surface area contributed by atoms with Crippen LogP contribution in [-0.4, -0.2) is 34.6 Å². The summed E-state index contributed by atoms with van der Waals surface area (Å²) >= 11 is 0. The molecule has 0 aliphatic carbocycles. The van der Waals surface area contributed by atoms with Crippen LogP contribution in [0.2, 0.25) is 0 Å². The number of carbonyl (C=O) groups is 1. The van der Waals surface area contributed by atoms with E-state index in [4.69, 9.17) is 4.74 Å². The molecule has 1 atom stereocenters. The van der Waals surface area contributed by atoms with Crippen molar-refractivity contribution < 1.29 is 32.4 Å². The Morgan fingerprint density at radius 3 is 2.45 bits per heavy atom. The minimum atomic E-state index is -4.98. The van der Waals surface area contributed by atoms with Gasteiger partial charge in [0, 0.05) is 6.07 Å². The molecule has 0 saturated carbocycles. The van der Waals surface area contributed by atoms with E-state index in [-0.39, 0.29) is 19.1 Å². The number of nitro groups is 1. The second kappa shape index (κ2) is 10.4. The molecule has 2 rings (SSSR count). The standard InChI is InChI=1S/C22H24F3N3O5/c1-5-9-17(33-13-14-10-7-6-8-11-14)21(2,3)27-19-15(22(23,24)25)12-16(28(30)31)18(26-19)20(29)32-4/h5-8,10-12,17H,1,9,13H2,2-4H3,(H,26,27). The highest BCUT2D eigenvalue weighted by Crippen LogP contribution is 2.39. The van der Waals surface area contributed by atoms with Crippen molar-refractivity contribution in [3.05, 3.63) is 76.0 Å². The Morgan fingerprint density at radius 1 is 1.30 bits per heavy atom. The predicted octanol–water partition coefficient (Wildman–Crippen LogP) is 5.15. The van der Waals surface area contributed by atoms with Crippen LogP contribution in [0.3, 0.4) is 0 Å². The number of pyridine rings is 1. The van der Waals surface area contributed by atoms with E-state index < -0.39 is 51.5 Å². The summed E-state index contributed by atoms with van der Waals surface area (Å²) in [6.45, 7) is 7.05. The topological polar surface area (TPSA) is 104 Å². The van der Waals surface area contributed by atoms with Crippen LogP contribution in [-0.2, 0) is 22.3 Å². The normalized spacial score (nSPS) is 12.7. The second-order valence-electron chi connectivity index (χ2n) is 7.66. The molecule has 8 nitrogen and oxygen atoms in total. The highest BCUT2D eigenvalue weighted by atomic mass is 19.4. The van der Waals surface area contributed by atoms with Gasteiger partial charge in [-0.05, 0) is 25.8 Å². The first-order valence-electron chi connectivity index (χ1n) is 9.80. The van der Waals surface area contributed by atoms with E-state index in [1.165, 1.54) is 0 Å². The summed E-state index contributed by atoms with van der Waals surface area (Å²) in [5.74, 6) is -1.99. The summed E-state index contributed by atoms with van der Waals surface area (Å²) in [7, 11) is 0.944. The van der Waals surface area contributed by atoms with Crippen LogP contribution < -0.4 is 5.32 Å². The SMILES string of the molecule is C=CCC(OCc1ccccc1)C(C)(C)Nc1nc(C(=O)OC)c([N+](=O)[O-])cc1C(F)(F)F. The minimum absolute atomic E-state index is 0.192. The Labute approximate surface area is 188 Å². The maximum atomic E-state index is 13.7. The van der Waals surface area contributed by atoms with E-state index in [1.807, 2.05) is 30.3 Å². The molecule has 0 saturated heterocycles. The summed E-state index contributed by atoms with van der Waals surface area (Å²) in [6.07, 6.45) is -3.79. The average Bonchev–Trinajstić information content (AvgIpc) is 2.75. The van der Waals surface area contributed by atoms with Crippen LogP contribution in [0.1, 0.15) is 41.9 Å². The summed E-state index contributed by atoms with van der Waals surface area (Å²) in [6, 6.07) is 9.45. The Balaban J connectivity index is 2.48. The van der Waals surface area contributed by atoms with Gasteiger partial charge >= 0.3 is 17.8 Å². The third-order valence-electron chi connectivity index (χ3n) is 4.80. The van der Waals surface area contributed by atoms with Crippen molar-refractivity contribution in [3.8, 4) is 0 Å². The zero-order valence-corrected chi connectivity index (χ0v) is 18.3. The number of benzene rings is 1. The van der Waals surface area contributed by atoms with Crippen LogP contribution in [0, 0.1) is 10.1 Å². The number of nitrogens with one attached hydrogen (secondary N) is 1. The fourth-order valence-corrected chi connectivity index (χ4v) is 3.08. The molecule has 1 unspecified atom stereocenters. The van der Waals surface area contributed by atoms with Crippen LogP contribution in [0.25, 0.3) is 0 Å². The zero-order valence-electron chi connectivity index (χ0n) is 18.3. The molecular formula is C22H24F3N3O5. The molecule has 0 spiro atoms. The number of nitrogens with zero attached hydrogens (tertiary/aromatic N) is 2. The zero-order chi connectivity index (χ0) is 24.8. The van der Waals surface area contributed by atoms with Gasteiger partial charge in [-0.25, -0.2) is 9.78 Å². The largest absolute Gasteiger partial charge is 0.464 e. The van der Waals surface area contributed by atoms with Gasteiger partial charge in [0.2, 0.25) is 5.69 Å². The van der Waals surface area contributed by atoms with Crippen molar-refractivity contribution in [2.75, 3.05) is 12.4 Å². The number of anilines is 1. The quantitative estimate of drug-likeness (QED) is 0.223. The first-order chi connectivity index (χ1) is 15.4. The number of esters is 1. The van der Waals surface area contributed by atoms with E-state index in [9.17, 15) is 28.1 Å². The van der Waals surface area contributed by atoms with Gasteiger partial charge in [0.25, 0.3) is 0 Å². The molecule has 0 fully saturated rings. The lowest BCUT2D eigenvalue weighted by Gasteiger charge is -2.36. The van der Waals surface area contributed by atoms with Gasteiger partial charge in [0.15, 0.2) is 0 Å². The molecule has 0 aliphatic heterocycles. The van der Waals surface area contributed by atoms with E-state index in [0.29, 0.717) is 0 Å². The first kappa shape index (κ1) is 25.8. The van der Waals surface area contributed by atoms with E-state index >= 15 is 0 Å². The molecule has 0 radical (unpaired) electrons. The maximum Gasteiger partial charge on any atom is 0.420 e. The molecule has 1 N–H and O–H groups in total. The molecule has 1 aromatic heterocycles. The third kappa shape index (κ3) is 6.51. The van der Waals surface area contributed by atoms with Gasteiger partial charge in [-0.1, -0.05) is 36.4 Å². The Kier molecular flexibility index (Phi) is 8.15. The Bertz CT molecular complexity index is 1010. The number of carbonyl (C=O) groups excluding carboxylic acids is 1. The number of methoxy groups -OCH3 is 1. The van der Waals surface area contributed by atoms with Crippen molar-refractivity contribution >= 4 is 17.5 Å². The van der Waals surface area contributed by atoms with Crippen LogP contribution >= 0.6 is 0 Å². The van der Waals surface area contributed by atoms with Gasteiger partial charge < -0.3 is 14.8 Å². The summed E-state index contributed by atoms with van der Waals surface area (Å²) < 4.78 is 51.6. The average molecular weight is 467 g/mol. The van der Waals surface area contributed by atoms with Gasteiger partial charge in [0.1, 0.15) is 11.4 Å². The molecule has 11 heteroatoms. The molecule has 1 heterocycles. The van der Waals surface area contributed by atoms with Crippen molar-refractivity contribution in [1.82, 2.24) is 4.98 Å². The predicted molar refractivity (Wildman–Crippen MR) is 115 cm³/mol. The Morgan fingerprint density at radius 2 is 1.94 bits per heavy atom. The fourth-order valence-electron chi connectivity index (χ4n) is 3.08. The summed E-state index contributed by atoms with van der Waals surface area (Å²) in [5, 5.41) is 13.9. The molecule has 1 aromatic carbocycles.